The van der Waals surface area contributed by atoms with Crippen LogP contribution < -0.4 is 10.1 Å². The predicted molar refractivity (Wildman–Crippen MR) is 86.7 cm³/mol. The molecule has 0 unspecified atom stereocenters. The summed E-state index contributed by atoms with van der Waals surface area (Å²) >= 11 is 3.20. The number of nitrogens with one attached hydrogen (secondary N) is 1. The lowest BCUT2D eigenvalue weighted by Crippen LogP contribution is -2.20. The predicted octanol–water partition coefficient (Wildman–Crippen LogP) is 4.09. The van der Waals surface area contributed by atoms with Gasteiger partial charge in [-0.15, -0.1) is 0 Å². The molecule has 2 aromatic carbocycles. The lowest BCUT2D eigenvalue weighted by molar-refractivity contribution is -0.118. The molecule has 3 rings (SSSR count). The average Bonchev–Trinajstić information content (AvgIpc) is 2.94. The highest BCUT2D eigenvalue weighted by Crippen LogP contribution is 2.26. The molecule has 0 saturated carbocycles. The molecule has 0 spiro atoms. The molecule has 5 heteroatoms. The van der Waals surface area contributed by atoms with Crippen LogP contribution in [0.2, 0.25) is 0 Å². The number of hydrogen-bond acceptors (Lipinski definition) is 2. The van der Waals surface area contributed by atoms with E-state index in [0.717, 1.165) is 18.5 Å². The van der Waals surface area contributed by atoms with Crippen molar-refractivity contribution < 1.29 is 13.9 Å². The average molecular weight is 364 g/mol. The lowest BCUT2D eigenvalue weighted by atomic mass is 10.1. The highest BCUT2D eigenvalue weighted by atomic mass is 79.9. The van der Waals surface area contributed by atoms with Gasteiger partial charge in [-0.25, -0.2) is 4.39 Å². The summed E-state index contributed by atoms with van der Waals surface area (Å²) < 4.78 is 18.9. The number of amides is 1. The van der Waals surface area contributed by atoms with Crippen LogP contribution in [0.25, 0.3) is 0 Å². The van der Waals surface area contributed by atoms with Gasteiger partial charge in [-0.2, -0.15) is 0 Å². The van der Waals surface area contributed by atoms with E-state index in [9.17, 15) is 9.18 Å². The van der Waals surface area contributed by atoms with E-state index >= 15 is 0 Å². The first-order valence-corrected chi connectivity index (χ1v) is 7.90. The van der Waals surface area contributed by atoms with Crippen LogP contribution in [0.1, 0.15) is 17.5 Å². The molecule has 1 aliphatic rings. The van der Waals surface area contributed by atoms with Crippen LogP contribution in [-0.2, 0) is 17.6 Å². The van der Waals surface area contributed by atoms with Gasteiger partial charge in [0.05, 0.1) is 4.47 Å². The molecule has 0 aromatic heterocycles. The number of carbonyl (C=O) groups excluding carboxylic acids is 1. The molecule has 0 fully saturated rings. The van der Waals surface area contributed by atoms with Gasteiger partial charge in [-0.3, -0.25) is 4.79 Å². The summed E-state index contributed by atoms with van der Waals surface area (Å²) in [6.45, 7) is -0.124. The molecular weight excluding hydrogens is 349 g/mol. The summed E-state index contributed by atoms with van der Waals surface area (Å²) in [6, 6.07) is 10.1. The largest absolute Gasteiger partial charge is 0.483 e. The van der Waals surface area contributed by atoms with Gasteiger partial charge < -0.3 is 10.1 Å². The van der Waals surface area contributed by atoms with Crippen LogP contribution in [0.5, 0.6) is 5.75 Å². The number of fused-ring (bicyclic) bond motifs is 1. The minimum absolute atomic E-state index is 0.124. The maximum atomic E-state index is 13.0. The number of rotatable bonds is 4. The number of hydrogen-bond donors (Lipinski definition) is 1. The van der Waals surface area contributed by atoms with Crippen molar-refractivity contribution in [2.75, 3.05) is 11.9 Å². The maximum absolute atomic E-state index is 13.0. The molecule has 0 radical (unpaired) electrons. The van der Waals surface area contributed by atoms with Crippen LogP contribution in [-0.4, -0.2) is 12.5 Å². The fourth-order valence-electron chi connectivity index (χ4n) is 2.58. The van der Waals surface area contributed by atoms with E-state index < -0.39 is 0 Å². The van der Waals surface area contributed by atoms with E-state index in [1.54, 1.807) is 0 Å². The summed E-state index contributed by atoms with van der Waals surface area (Å²) in [7, 11) is 0. The number of aryl methyl sites for hydroxylation is 2. The summed E-state index contributed by atoms with van der Waals surface area (Å²) in [5.41, 5.74) is 3.46. The number of benzene rings is 2. The second kappa shape index (κ2) is 6.48. The van der Waals surface area contributed by atoms with Crippen LogP contribution in [0.15, 0.2) is 40.9 Å². The zero-order chi connectivity index (χ0) is 15.5. The Morgan fingerprint density at radius 2 is 2.00 bits per heavy atom. The summed E-state index contributed by atoms with van der Waals surface area (Å²) in [6.07, 6.45) is 3.36. The lowest BCUT2D eigenvalue weighted by Gasteiger charge is -2.10. The fraction of sp³-hybridized carbons (Fsp3) is 0.235. The van der Waals surface area contributed by atoms with Crippen LogP contribution in [0, 0.1) is 5.82 Å². The number of carbonyl (C=O) groups is 1. The topological polar surface area (TPSA) is 38.3 Å². The first kappa shape index (κ1) is 15.0. The normalized spacial score (nSPS) is 12.8. The molecule has 0 atom stereocenters. The Balaban J connectivity index is 1.58. The van der Waals surface area contributed by atoms with Crippen molar-refractivity contribution in [1.82, 2.24) is 0 Å². The third-order valence-corrected chi connectivity index (χ3v) is 4.25. The fourth-order valence-corrected chi connectivity index (χ4v) is 3.05. The van der Waals surface area contributed by atoms with Gasteiger partial charge in [0.25, 0.3) is 5.91 Å². The molecule has 0 aliphatic heterocycles. The third-order valence-electron chi connectivity index (χ3n) is 3.63. The number of halogens is 2. The second-order valence-corrected chi connectivity index (χ2v) is 6.10. The summed E-state index contributed by atoms with van der Waals surface area (Å²) in [4.78, 5) is 11.9. The molecule has 1 N–H and O–H groups in total. The van der Waals surface area contributed by atoms with Crippen molar-refractivity contribution in [2.45, 2.75) is 19.3 Å². The second-order valence-electron chi connectivity index (χ2n) is 5.25. The van der Waals surface area contributed by atoms with Crippen molar-refractivity contribution >= 4 is 27.5 Å². The van der Waals surface area contributed by atoms with Gasteiger partial charge in [0.15, 0.2) is 6.61 Å². The molecule has 1 amide bonds. The SMILES string of the molecule is O=C(COc1ccc(F)cc1Br)Nc1ccc2c(c1)CCC2. The van der Waals surface area contributed by atoms with E-state index in [1.165, 1.54) is 35.7 Å². The third kappa shape index (κ3) is 3.47. The minimum atomic E-state index is -0.359. The van der Waals surface area contributed by atoms with Crippen LogP contribution in [0.4, 0.5) is 10.1 Å². The van der Waals surface area contributed by atoms with E-state index in [2.05, 4.69) is 27.3 Å². The first-order valence-electron chi connectivity index (χ1n) is 7.11. The van der Waals surface area contributed by atoms with E-state index in [1.807, 2.05) is 12.1 Å². The number of ether oxygens (including phenoxy) is 1. The number of anilines is 1. The summed E-state index contributed by atoms with van der Waals surface area (Å²) in [5, 5.41) is 2.82. The minimum Gasteiger partial charge on any atom is -0.483 e. The molecule has 0 bridgehead atoms. The molecule has 3 nitrogen and oxygen atoms in total. The van der Waals surface area contributed by atoms with Gasteiger partial charge >= 0.3 is 0 Å². The smallest absolute Gasteiger partial charge is 0.262 e. The highest BCUT2D eigenvalue weighted by molar-refractivity contribution is 9.10. The summed E-state index contributed by atoms with van der Waals surface area (Å²) in [5.74, 6) is -0.165. The molecule has 2 aromatic rings. The Kier molecular flexibility index (Phi) is 4.43. The van der Waals surface area contributed by atoms with E-state index in [4.69, 9.17) is 4.74 Å². The van der Waals surface area contributed by atoms with Gasteiger partial charge in [-0.05, 0) is 76.7 Å². The zero-order valence-corrected chi connectivity index (χ0v) is 13.5. The van der Waals surface area contributed by atoms with Crippen molar-refractivity contribution in [1.29, 1.82) is 0 Å². The van der Waals surface area contributed by atoms with Gasteiger partial charge in [0.1, 0.15) is 11.6 Å². The monoisotopic (exact) mass is 363 g/mol. The molecule has 114 valence electrons. The van der Waals surface area contributed by atoms with Crippen molar-refractivity contribution in [3.05, 3.63) is 57.8 Å². The van der Waals surface area contributed by atoms with Gasteiger partial charge in [-0.1, -0.05) is 6.07 Å². The standard InChI is InChI=1S/C17H15BrFNO2/c18-15-9-13(19)5-7-16(15)22-10-17(21)20-14-6-4-11-2-1-3-12(11)8-14/h4-9H,1-3,10H2,(H,20,21). The highest BCUT2D eigenvalue weighted by Gasteiger charge is 2.12. The molecule has 0 saturated heterocycles. The van der Waals surface area contributed by atoms with Crippen molar-refractivity contribution in [2.24, 2.45) is 0 Å². The van der Waals surface area contributed by atoms with E-state index in [-0.39, 0.29) is 18.3 Å². The van der Waals surface area contributed by atoms with Gasteiger partial charge in [0.2, 0.25) is 0 Å². The molecular formula is C17H15BrFNO2. The van der Waals surface area contributed by atoms with Gasteiger partial charge in [0, 0.05) is 5.69 Å². The Morgan fingerprint density at radius 1 is 1.18 bits per heavy atom. The van der Waals surface area contributed by atoms with Crippen LogP contribution >= 0.6 is 15.9 Å². The van der Waals surface area contributed by atoms with Crippen molar-refractivity contribution in [3.63, 3.8) is 0 Å². The first-order chi connectivity index (χ1) is 10.6. The van der Waals surface area contributed by atoms with E-state index in [0.29, 0.717) is 10.2 Å². The molecule has 1 aliphatic carbocycles. The Labute approximate surface area is 136 Å². The van der Waals surface area contributed by atoms with Crippen LogP contribution in [0.3, 0.4) is 0 Å². The maximum Gasteiger partial charge on any atom is 0.262 e. The molecule has 22 heavy (non-hydrogen) atoms. The Hall–Kier alpha value is -1.88. The Bertz CT molecular complexity index is 718. The molecule has 0 heterocycles. The van der Waals surface area contributed by atoms with Crippen molar-refractivity contribution in [3.8, 4) is 5.75 Å². The quantitative estimate of drug-likeness (QED) is 0.887. The Morgan fingerprint density at radius 3 is 2.82 bits per heavy atom. The zero-order valence-electron chi connectivity index (χ0n) is 11.9.